The van der Waals surface area contributed by atoms with Crippen molar-refractivity contribution in [1.82, 2.24) is 9.97 Å². The van der Waals surface area contributed by atoms with Crippen LogP contribution in [0.25, 0.3) is 0 Å². The number of hydrogen-bond acceptors (Lipinski definition) is 3. The van der Waals surface area contributed by atoms with E-state index in [4.69, 9.17) is 9.84 Å². The van der Waals surface area contributed by atoms with Crippen molar-refractivity contribution in [3.05, 3.63) is 17.7 Å². The number of carboxylic acids is 1. The summed E-state index contributed by atoms with van der Waals surface area (Å²) in [6.45, 7) is 8.54. The van der Waals surface area contributed by atoms with Crippen molar-refractivity contribution in [2.24, 2.45) is 5.41 Å². The summed E-state index contributed by atoms with van der Waals surface area (Å²) < 4.78 is 5.60. The molecule has 1 aromatic rings. The molecule has 1 aromatic heterocycles. The summed E-state index contributed by atoms with van der Waals surface area (Å²) in [6, 6.07) is 0. The van der Waals surface area contributed by atoms with Crippen LogP contribution in [0, 0.1) is 5.41 Å². The Kier molecular flexibility index (Phi) is 3.70. The lowest BCUT2D eigenvalue weighted by Crippen LogP contribution is -2.22. The van der Waals surface area contributed by atoms with Crippen LogP contribution in [0.2, 0.25) is 0 Å². The van der Waals surface area contributed by atoms with E-state index in [1.54, 1.807) is 0 Å². The minimum Gasteiger partial charge on any atom is -0.477 e. The van der Waals surface area contributed by atoms with Crippen LogP contribution in [0.15, 0.2) is 6.20 Å². The average Bonchev–Trinajstić information content (AvgIpc) is 2.60. The average molecular weight is 226 g/mol. The molecule has 2 N–H and O–H groups in total. The summed E-state index contributed by atoms with van der Waals surface area (Å²) in [5.74, 6) is -0.449. The highest BCUT2D eigenvalue weighted by molar-refractivity contribution is 5.85. The topological polar surface area (TPSA) is 75.2 Å². The van der Waals surface area contributed by atoms with E-state index in [9.17, 15) is 4.79 Å². The molecular weight excluding hydrogens is 208 g/mol. The Balaban J connectivity index is 2.97. The molecular formula is C11H18N2O3. The molecule has 5 nitrogen and oxygen atoms in total. The van der Waals surface area contributed by atoms with Crippen molar-refractivity contribution in [1.29, 1.82) is 0 Å². The molecule has 1 rings (SSSR count). The smallest absolute Gasteiger partial charge is 0.353 e. The largest absolute Gasteiger partial charge is 0.477 e. The second-order valence-corrected chi connectivity index (χ2v) is 4.69. The number of H-pyrrole nitrogens is 1. The summed E-state index contributed by atoms with van der Waals surface area (Å²) in [6.07, 6.45) is 1.08. The number of carboxylic acid groups (broad SMARTS) is 1. The summed E-state index contributed by atoms with van der Waals surface area (Å²) in [7, 11) is 0. The standard InChI is InChI=1S/C11H18N2O3/c1-5-16-8(11(2,3)4)9-12-6-7(13-9)10(14)15/h6,8H,5H2,1-4H3,(H,12,13)(H,14,15). The number of hydrogen-bond donors (Lipinski definition) is 2. The summed E-state index contributed by atoms with van der Waals surface area (Å²) >= 11 is 0. The number of imidazole rings is 1. The van der Waals surface area contributed by atoms with Gasteiger partial charge in [-0.05, 0) is 12.3 Å². The quantitative estimate of drug-likeness (QED) is 0.825. The molecule has 16 heavy (non-hydrogen) atoms. The molecule has 0 radical (unpaired) electrons. The first-order valence-electron chi connectivity index (χ1n) is 5.26. The summed E-state index contributed by atoms with van der Waals surface area (Å²) in [5, 5.41) is 8.80. The Hall–Kier alpha value is -1.36. The fourth-order valence-electron chi connectivity index (χ4n) is 1.48. The van der Waals surface area contributed by atoms with Crippen molar-refractivity contribution < 1.29 is 14.6 Å². The van der Waals surface area contributed by atoms with Crippen LogP contribution in [-0.4, -0.2) is 27.7 Å². The molecule has 0 spiro atoms. The maximum Gasteiger partial charge on any atom is 0.353 e. The molecule has 0 aliphatic heterocycles. The summed E-state index contributed by atoms with van der Waals surface area (Å²) in [4.78, 5) is 17.6. The second-order valence-electron chi connectivity index (χ2n) is 4.69. The van der Waals surface area contributed by atoms with Crippen LogP contribution < -0.4 is 0 Å². The highest BCUT2D eigenvalue weighted by Gasteiger charge is 2.29. The number of ether oxygens (including phenoxy) is 1. The molecule has 0 saturated carbocycles. The minimum atomic E-state index is -1.01. The third kappa shape index (κ3) is 2.82. The fourth-order valence-corrected chi connectivity index (χ4v) is 1.48. The second kappa shape index (κ2) is 4.65. The number of nitrogens with zero attached hydrogens (tertiary/aromatic N) is 1. The fraction of sp³-hybridized carbons (Fsp3) is 0.636. The maximum absolute atomic E-state index is 10.7. The van der Waals surface area contributed by atoms with Crippen LogP contribution >= 0.6 is 0 Å². The molecule has 5 heteroatoms. The van der Waals surface area contributed by atoms with E-state index in [-0.39, 0.29) is 17.2 Å². The number of carbonyl (C=O) groups is 1. The maximum atomic E-state index is 10.7. The van der Waals surface area contributed by atoms with Gasteiger partial charge in [0.05, 0.1) is 6.20 Å². The monoisotopic (exact) mass is 226 g/mol. The van der Waals surface area contributed by atoms with Gasteiger partial charge in [0.2, 0.25) is 0 Å². The molecule has 1 unspecified atom stereocenters. The predicted octanol–water partition coefficient (Wildman–Crippen LogP) is 2.23. The zero-order valence-electron chi connectivity index (χ0n) is 10.1. The number of aromatic carboxylic acids is 1. The molecule has 90 valence electrons. The Morgan fingerprint density at radius 2 is 2.25 bits per heavy atom. The Labute approximate surface area is 94.8 Å². The highest BCUT2D eigenvalue weighted by atomic mass is 16.5. The van der Waals surface area contributed by atoms with Crippen LogP contribution in [-0.2, 0) is 4.74 Å². The van der Waals surface area contributed by atoms with Gasteiger partial charge in [0.15, 0.2) is 0 Å². The lowest BCUT2D eigenvalue weighted by atomic mass is 9.88. The predicted molar refractivity (Wildman–Crippen MR) is 59.4 cm³/mol. The van der Waals surface area contributed by atoms with E-state index in [1.807, 2.05) is 27.7 Å². The first-order chi connectivity index (χ1) is 7.36. The molecule has 1 heterocycles. The van der Waals surface area contributed by atoms with Gasteiger partial charge in [-0.3, -0.25) is 0 Å². The first kappa shape index (κ1) is 12.7. The number of aromatic nitrogens is 2. The highest BCUT2D eigenvalue weighted by Crippen LogP contribution is 2.34. The van der Waals surface area contributed by atoms with E-state index in [2.05, 4.69) is 9.97 Å². The third-order valence-electron chi connectivity index (χ3n) is 2.19. The van der Waals surface area contributed by atoms with Gasteiger partial charge < -0.3 is 14.8 Å². The third-order valence-corrected chi connectivity index (χ3v) is 2.19. The SMILES string of the molecule is CCOC(c1ncc(C(=O)O)[nH]1)C(C)(C)C. The Morgan fingerprint density at radius 1 is 1.62 bits per heavy atom. The van der Waals surface area contributed by atoms with Gasteiger partial charge in [-0.25, -0.2) is 9.78 Å². The van der Waals surface area contributed by atoms with Crippen molar-refractivity contribution in [3.8, 4) is 0 Å². The van der Waals surface area contributed by atoms with Crippen LogP contribution in [0.1, 0.15) is 50.1 Å². The van der Waals surface area contributed by atoms with Gasteiger partial charge in [0, 0.05) is 6.61 Å². The molecule has 1 atom stereocenters. The lowest BCUT2D eigenvalue weighted by Gasteiger charge is -2.28. The molecule has 0 saturated heterocycles. The van der Waals surface area contributed by atoms with Gasteiger partial charge >= 0.3 is 5.97 Å². The minimum absolute atomic E-state index is 0.0870. The molecule has 0 fully saturated rings. The van der Waals surface area contributed by atoms with Crippen LogP contribution in [0.4, 0.5) is 0 Å². The molecule has 0 bridgehead atoms. The van der Waals surface area contributed by atoms with Gasteiger partial charge in [0.25, 0.3) is 0 Å². The molecule has 0 amide bonds. The normalized spacial score (nSPS) is 13.8. The van der Waals surface area contributed by atoms with Gasteiger partial charge in [-0.1, -0.05) is 20.8 Å². The van der Waals surface area contributed by atoms with Gasteiger partial charge in [0.1, 0.15) is 17.6 Å². The van der Waals surface area contributed by atoms with Gasteiger partial charge in [-0.15, -0.1) is 0 Å². The first-order valence-corrected chi connectivity index (χ1v) is 5.26. The zero-order chi connectivity index (χ0) is 12.3. The lowest BCUT2D eigenvalue weighted by molar-refractivity contribution is -0.0186. The number of rotatable bonds is 4. The Morgan fingerprint density at radius 3 is 2.62 bits per heavy atom. The van der Waals surface area contributed by atoms with E-state index < -0.39 is 5.97 Å². The van der Waals surface area contributed by atoms with Crippen LogP contribution in [0.3, 0.4) is 0 Å². The van der Waals surface area contributed by atoms with E-state index >= 15 is 0 Å². The summed E-state index contributed by atoms with van der Waals surface area (Å²) in [5.41, 5.74) is -0.0483. The molecule has 0 aromatic carbocycles. The van der Waals surface area contributed by atoms with Crippen molar-refractivity contribution in [3.63, 3.8) is 0 Å². The van der Waals surface area contributed by atoms with E-state index in [1.165, 1.54) is 6.20 Å². The van der Waals surface area contributed by atoms with Crippen molar-refractivity contribution >= 4 is 5.97 Å². The molecule has 0 aliphatic carbocycles. The van der Waals surface area contributed by atoms with Gasteiger partial charge in [-0.2, -0.15) is 0 Å². The van der Waals surface area contributed by atoms with Crippen LogP contribution in [0.5, 0.6) is 0 Å². The number of aromatic amines is 1. The van der Waals surface area contributed by atoms with Crippen molar-refractivity contribution in [2.45, 2.75) is 33.8 Å². The van der Waals surface area contributed by atoms with E-state index in [0.29, 0.717) is 12.4 Å². The number of nitrogens with one attached hydrogen (secondary N) is 1. The van der Waals surface area contributed by atoms with E-state index in [0.717, 1.165) is 0 Å². The van der Waals surface area contributed by atoms with Crippen molar-refractivity contribution in [2.75, 3.05) is 6.61 Å². The zero-order valence-corrected chi connectivity index (χ0v) is 10.1. The Bertz CT molecular complexity index is 366. The molecule has 0 aliphatic rings.